The Bertz CT molecular complexity index is 322. The first-order chi connectivity index (χ1) is 8.52. The molecule has 0 rings (SSSR count). The maximum Gasteiger partial charge on any atom is 0.192 e. The largest absolute Gasteiger partial charge is 0.416 e. The Kier molecular flexibility index (Phi) is 5.77. The lowest BCUT2D eigenvalue weighted by atomic mass is 9.55. The molecule has 2 nitrogen and oxygen atoms in total. The zero-order chi connectivity index (χ0) is 16.6. The van der Waals surface area contributed by atoms with E-state index in [0.717, 1.165) is 6.61 Å². The van der Waals surface area contributed by atoms with Crippen molar-refractivity contribution in [2.45, 2.75) is 80.4 Å². The fourth-order valence-electron chi connectivity index (χ4n) is 1.87. The maximum atomic E-state index is 9.72. The summed E-state index contributed by atoms with van der Waals surface area (Å²) in [5.74, 6) is 0. The third-order valence-corrected chi connectivity index (χ3v) is 10.9. The van der Waals surface area contributed by atoms with E-state index in [1.165, 1.54) is 0 Å². The number of aliphatic hydroxyl groups is 1. The number of hydrogen-bond donors (Lipinski definition) is 1. The lowest BCUT2D eigenvalue weighted by Gasteiger charge is -2.52. The van der Waals surface area contributed by atoms with Crippen molar-refractivity contribution in [1.82, 2.24) is 0 Å². The van der Waals surface area contributed by atoms with E-state index in [4.69, 9.17) is 4.43 Å². The quantitative estimate of drug-likeness (QED) is 0.693. The molecule has 0 spiro atoms. The fraction of sp³-hybridized carbons (Fsp3) is 1.00. The molecule has 0 unspecified atom stereocenters. The SMILES string of the molecule is CC(C)(CO)C(C)(C)C(C)(C)CO[Si](C)(C)C(C)(C)C. The van der Waals surface area contributed by atoms with Gasteiger partial charge in [0.1, 0.15) is 0 Å². The van der Waals surface area contributed by atoms with Gasteiger partial charge in [0, 0.05) is 13.2 Å². The average Bonchev–Trinajstić information content (AvgIpc) is 2.24. The van der Waals surface area contributed by atoms with Gasteiger partial charge < -0.3 is 9.53 Å². The van der Waals surface area contributed by atoms with E-state index >= 15 is 0 Å². The van der Waals surface area contributed by atoms with Crippen molar-refractivity contribution in [3.05, 3.63) is 0 Å². The van der Waals surface area contributed by atoms with Crippen molar-refractivity contribution < 1.29 is 9.53 Å². The van der Waals surface area contributed by atoms with Gasteiger partial charge in [-0.15, -0.1) is 0 Å². The molecule has 0 aliphatic heterocycles. The van der Waals surface area contributed by atoms with Gasteiger partial charge >= 0.3 is 0 Å². The van der Waals surface area contributed by atoms with Crippen LogP contribution in [0.3, 0.4) is 0 Å². The Morgan fingerprint density at radius 2 is 1.20 bits per heavy atom. The summed E-state index contributed by atoms with van der Waals surface area (Å²) in [7, 11) is -1.73. The third kappa shape index (κ3) is 3.86. The lowest BCUT2D eigenvalue weighted by Crippen LogP contribution is -2.51. The molecule has 20 heavy (non-hydrogen) atoms. The second-order valence-corrected chi connectivity index (χ2v) is 14.4. The molecule has 0 aromatic carbocycles. The molecule has 0 amide bonds. The minimum atomic E-state index is -1.73. The highest BCUT2D eigenvalue weighted by Crippen LogP contribution is 2.52. The van der Waals surface area contributed by atoms with Crippen LogP contribution in [0.1, 0.15) is 62.3 Å². The zero-order valence-electron chi connectivity index (χ0n) is 15.8. The van der Waals surface area contributed by atoms with E-state index in [1.54, 1.807) is 0 Å². The molecule has 3 heteroatoms. The summed E-state index contributed by atoms with van der Waals surface area (Å²) in [6, 6.07) is 0. The van der Waals surface area contributed by atoms with Crippen LogP contribution in [0.4, 0.5) is 0 Å². The van der Waals surface area contributed by atoms with E-state index in [1.807, 2.05) is 0 Å². The van der Waals surface area contributed by atoms with Gasteiger partial charge in [-0.1, -0.05) is 62.3 Å². The van der Waals surface area contributed by atoms with Gasteiger partial charge in [-0.3, -0.25) is 0 Å². The summed E-state index contributed by atoms with van der Waals surface area (Å²) >= 11 is 0. The van der Waals surface area contributed by atoms with Crippen LogP contribution in [0.5, 0.6) is 0 Å². The van der Waals surface area contributed by atoms with Crippen LogP contribution in [0.25, 0.3) is 0 Å². The molecular formula is C17H38O2Si. The highest BCUT2D eigenvalue weighted by molar-refractivity contribution is 6.74. The van der Waals surface area contributed by atoms with E-state index in [0.29, 0.717) is 0 Å². The first kappa shape index (κ1) is 20.1. The second kappa shape index (κ2) is 5.73. The maximum absolute atomic E-state index is 9.72. The van der Waals surface area contributed by atoms with Gasteiger partial charge in [-0.2, -0.15) is 0 Å². The van der Waals surface area contributed by atoms with Gasteiger partial charge in [0.25, 0.3) is 0 Å². The molecule has 122 valence electrons. The smallest absolute Gasteiger partial charge is 0.192 e. The number of rotatable bonds is 6. The molecule has 1 N–H and O–H groups in total. The van der Waals surface area contributed by atoms with Crippen molar-refractivity contribution >= 4 is 8.32 Å². The molecule has 0 saturated carbocycles. The van der Waals surface area contributed by atoms with E-state index < -0.39 is 8.32 Å². The van der Waals surface area contributed by atoms with Crippen LogP contribution in [0.2, 0.25) is 18.1 Å². The summed E-state index contributed by atoms with van der Waals surface area (Å²) in [6.45, 7) is 25.7. The van der Waals surface area contributed by atoms with Crippen molar-refractivity contribution in [3.63, 3.8) is 0 Å². The minimum Gasteiger partial charge on any atom is -0.416 e. The van der Waals surface area contributed by atoms with Crippen molar-refractivity contribution in [3.8, 4) is 0 Å². The van der Waals surface area contributed by atoms with Crippen LogP contribution in [0, 0.1) is 16.2 Å². The summed E-state index contributed by atoms with van der Waals surface area (Å²) in [4.78, 5) is 0. The highest BCUT2D eigenvalue weighted by atomic mass is 28.4. The third-order valence-electron chi connectivity index (χ3n) is 6.38. The van der Waals surface area contributed by atoms with Crippen LogP contribution in [0.15, 0.2) is 0 Å². The van der Waals surface area contributed by atoms with Gasteiger partial charge in [0.05, 0.1) is 0 Å². The Hall–Kier alpha value is 0.137. The average molecular weight is 303 g/mol. The van der Waals surface area contributed by atoms with Gasteiger partial charge in [0.2, 0.25) is 0 Å². The molecule has 0 aliphatic carbocycles. The topological polar surface area (TPSA) is 29.5 Å². The first-order valence-electron chi connectivity index (χ1n) is 7.77. The van der Waals surface area contributed by atoms with Gasteiger partial charge in [-0.25, -0.2) is 0 Å². The second-order valence-electron chi connectivity index (χ2n) is 9.60. The molecule has 0 fully saturated rings. The number of aliphatic hydroxyl groups excluding tert-OH is 1. The Balaban J connectivity index is 5.11. The van der Waals surface area contributed by atoms with Crippen LogP contribution < -0.4 is 0 Å². The standard InChI is InChI=1S/C17H38O2Si/c1-14(2,3)20(10,11)19-13-16(6,7)17(8,9)15(4,5)12-18/h18H,12-13H2,1-11H3. The predicted octanol–water partition coefficient (Wildman–Crippen LogP) is 5.08. The van der Waals surface area contributed by atoms with Crippen molar-refractivity contribution in [1.29, 1.82) is 0 Å². The minimum absolute atomic E-state index is 0.00868. The number of hydrogen-bond acceptors (Lipinski definition) is 2. The molecule has 0 aliphatic rings. The van der Waals surface area contributed by atoms with Crippen molar-refractivity contribution in [2.24, 2.45) is 16.2 Å². The zero-order valence-corrected chi connectivity index (χ0v) is 16.8. The molecule has 0 bridgehead atoms. The summed E-state index contributed by atoms with van der Waals surface area (Å²) in [6.07, 6.45) is 0. The van der Waals surface area contributed by atoms with Crippen molar-refractivity contribution in [2.75, 3.05) is 13.2 Å². The Morgan fingerprint density at radius 3 is 1.50 bits per heavy atom. The van der Waals surface area contributed by atoms with Crippen LogP contribution >= 0.6 is 0 Å². The molecule has 0 heterocycles. The molecule has 0 saturated heterocycles. The summed E-state index contributed by atoms with van der Waals surface area (Å²) in [5, 5.41) is 9.95. The first-order valence-corrected chi connectivity index (χ1v) is 10.7. The van der Waals surface area contributed by atoms with Gasteiger partial charge in [-0.05, 0) is 34.4 Å². The Morgan fingerprint density at radius 1 is 0.800 bits per heavy atom. The lowest BCUT2D eigenvalue weighted by molar-refractivity contribution is -0.0729. The van der Waals surface area contributed by atoms with E-state index in [2.05, 4.69) is 75.4 Å². The highest BCUT2D eigenvalue weighted by Gasteiger charge is 2.49. The van der Waals surface area contributed by atoms with Crippen LogP contribution in [-0.2, 0) is 4.43 Å². The molecular weight excluding hydrogens is 264 g/mol. The summed E-state index contributed by atoms with van der Waals surface area (Å²) in [5.41, 5.74) is -0.140. The van der Waals surface area contributed by atoms with Crippen LogP contribution in [-0.4, -0.2) is 26.6 Å². The molecule has 0 aromatic heterocycles. The van der Waals surface area contributed by atoms with E-state index in [-0.39, 0.29) is 27.9 Å². The fourth-order valence-corrected chi connectivity index (χ4v) is 3.03. The normalized spacial score (nSPS) is 15.6. The molecule has 0 aromatic rings. The predicted molar refractivity (Wildman–Crippen MR) is 91.6 cm³/mol. The van der Waals surface area contributed by atoms with Gasteiger partial charge in [0.15, 0.2) is 8.32 Å². The molecule has 0 atom stereocenters. The monoisotopic (exact) mass is 302 g/mol. The van der Waals surface area contributed by atoms with E-state index in [9.17, 15) is 5.11 Å². The molecule has 0 radical (unpaired) electrons. The Labute approximate surface area is 128 Å². The summed E-state index contributed by atoms with van der Waals surface area (Å²) < 4.78 is 6.44.